The van der Waals surface area contributed by atoms with Gasteiger partial charge in [0.25, 0.3) is 0 Å². The van der Waals surface area contributed by atoms with Crippen LogP contribution >= 0.6 is 7.67 Å². The first-order valence-corrected chi connectivity index (χ1v) is 15.8. The minimum atomic E-state index is -3.13. The van der Waals surface area contributed by atoms with E-state index in [0.717, 1.165) is 45.1 Å². The fourth-order valence-corrected chi connectivity index (χ4v) is 6.84. The first-order valence-electron chi connectivity index (χ1n) is 14.3. The topological polar surface area (TPSA) is 51.2 Å². The van der Waals surface area contributed by atoms with Crippen LogP contribution in [0.3, 0.4) is 0 Å². The number of hydrogen-bond acceptors (Lipinski definition) is 4. The summed E-state index contributed by atoms with van der Waals surface area (Å²) in [4.78, 5) is 0. The SMILES string of the molecule is B[C@H]1CN(P(=O)(OC(CCCCCCC)CCCCCCC)N(C)C)C[C@@H](COCCCC)O1. The van der Waals surface area contributed by atoms with E-state index in [0.29, 0.717) is 19.7 Å². The predicted molar refractivity (Wildman–Crippen MR) is 147 cm³/mol. The van der Waals surface area contributed by atoms with Gasteiger partial charge in [-0.15, -0.1) is 0 Å². The zero-order valence-corrected chi connectivity index (χ0v) is 24.3. The van der Waals surface area contributed by atoms with Gasteiger partial charge in [0.15, 0.2) is 0 Å². The molecule has 0 radical (unpaired) electrons. The maximum atomic E-state index is 14.3. The number of rotatable bonds is 21. The summed E-state index contributed by atoms with van der Waals surface area (Å²) in [6.07, 6.45) is 16.6. The molecule has 1 saturated heterocycles. The normalized spacial score (nSPS) is 21.4. The zero-order valence-electron chi connectivity index (χ0n) is 23.4. The standard InChI is InChI=1S/C26H56BN2O4P/c1-6-9-12-14-16-18-24(19-17-15-13-10-7-2)33-34(30,28(4)5)29-21-25(32-26(27)22-29)23-31-20-11-8-3/h24-26H,6-23,27H2,1-5H3/t25-,26+,34?/m0/s1. The summed E-state index contributed by atoms with van der Waals surface area (Å²) in [5.41, 5.74) is 0. The molecule has 0 aliphatic carbocycles. The summed E-state index contributed by atoms with van der Waals surface area (Å²) >= 11 is 0. The lowest BCUT2D eigenvalue weighted by Gasteiger charge is -2.43. The van der Waals surface area contributed by atoms with Crippen LogP contribution in [0.15, 0.2) is 0 Å². The van der Waals surface area contributed by atoms with E-state index in [4.69, 9.17) is 14.0 Å². The molecule has 1 aliphatic heterocycles. The van der Waals surface area contributed by atoms with Crippen molar-refractivity contribution in [2.75, 3.05) is 40.4 Å². The summed E-state index contributed by atoms with van der Waals surface area (Å²) in [5.74, 6) is 0. The lowest BCUT2D eigenvalue weighted by Crippen LogP contribution is -2.49. The summed E-state index contributed by atoms with van der Waals surface area (Å²) in [6.45, 7) is 9.19. The van der Waals surface area contributed by atoms with Crippen LogP contribution in [-0.2, 0) is 18.6 Å². The van der Waals surface area contributed by atoms with Crippen molar-refractivity contribution in [1.29, 1.82) is 0 Å². The molecule has 1 unspecified atom stereocenters. The third-order valence-electron chi connectivity index (χ3n) is 6.66. The Balaban J connectivity index is 2.79. The molecule has 0 aromatic rings. The Kier molecular flexibility index (Phi) is 18.2. The van der Waals surface area contributed by atoms with E-state index < -0.39 is 7.67 Å². The Morgan fingerprint density at radius 2 is 1.47 bits per heavy atom. The molecule has 3 atom stereocenters. The van der Waals surface area contributed by atoms with Crippen molar-refractivity contribution in [3.8, 4) is 0 Å². The smallest absolute Gasteiger partial charge is 0.345 e. The van der Waals surface area contributed by atoms with Crippen molar-refractivity contribution in [2.24, 2.45) is 0 Å². The Morgan fingerprint density at radius 1 is 0.912 bits per heavy atom. The van der Waals surface area contributed by atoms with E-state index >= 15 is 0 Å². The van der Waals surface area contributed by atoms with Gasteiger partial charge in [0.05, 0.1) is 18.8 Å². The molecule has 34 heavy (non-hydrogen) atoms. The minimum Gasteiger partial charge on any atom is -0.379 e. The molecule has 1 rings (SSSR count). The van der Waals surface area contributed by atoms with Crippen LogP contribution in [0.5, 0.6) is 0 Å². The van der Waals surface area contributed by atoms with Crippen LogP contribution in [0.4, 0.5) is 0 Å². The van der Waals surface area contributed by atoms with Gasteiger partial charge in [0, 0.05) is 25.7 Å². The van der Waals surface area contributed by atoms with E-state index in [1.165, 1.54) is 51.4 Å². The predicted octanol–water partition coefficient (Wildman–Crippen LogP) is 6.24. The Bertz CT molecular complexity index is 527. The molecule has 0 spiro atoms. The third-order valence-corrected chi connectivity index (χ3v) is 9.29. The molecule has 1 aliphatic rings. The van der Waals surface area contributed by atoms with Gasteiger partial charge < -0.3 is 14.0 Å². The van der Waals surface area contributed by atoms with Gasteiger partial charge in [-0.25, -0.2) is 9.34 Å². The molecule has 202 valence electrons. The molecule has 0 N–H and O–H groups in total. The van der Waals surface area contributed by atoms with Crippen LogP contribution in [0.2, 0.25) is 0 Å². The van der Waals surface area contributed by atoms with E-state index in [2.05, 4.69) is 33.3 Å². The molecule has 0 saturated carbocycles. The minimum absolute atomic E-state index is 0.00642. The van der Waals surface area contributed by atoms with Gasteiger partial charge in [0.2, 0.25) is 0 Å². The lowest BCUT2D eigenvalue weighted by atomic mass is 9.98. The van der Waals surface area contributed by atoms with Crippen molar-refractivity contribution in [3.05, 3.63) is 0 Å². The van der Waals surface area contributed by atoms with Crippen molar-refractivity contribution < 1.29 is 18.6 Å². The highest BCUT2D eigenvalue weighted by Gasteiger charge is 2.41. The fourth-order valence-electron chi connectivity index (χ4n) is 4.59. The van der Waals surface area contributed by atoms with Gasteiger partial charge in [-0.05, 0) is 33.4 Å². The average Bonchev–Trinajstić information content (AvgIpc) is 2.80. The molecule has 6 nitrogen and oxygen atoms in total. The number of nitrogens with zero attached hydrogens (tertiary/aromatic N) is 2. The monoisotopic (exact) mass is 502 g/mol. The van der Waals surface area contributed by atoms with Gasteiger partial charge in [0.1, 0.15) is 7.85 Å². The molecule has 1 fully saturated rings. The van der Waals surface area contributed by atoms with E-state index in [9.17, 15) is 4.57 Å². The molecule has 0 aromatic carbocycles. The average molecular weight is 503 g/mol. The number of hydrogen-bond donors (Lipinski definition) is 0. The summed E-state index contributed by atoms with van der Waals surface area (Å²) < 4.78 is 36.8. The Labute approximate surface area is 212 Å². The second kappa shape index (κ2) is 19.2. The van der Waals surface area contributed by atoms with Crippen LogP contribution in [0.25, 0.3) is 0 Å². The Hall–Kier alpha value is 0.0949. The molecule has 0 bridgehead atoms. The van der Waals surface area contributed by atoms with Crippen LogP contribution < -0.4 is 0 Å². The van der Waals surface area contributed by atoms with Crippen molar-refractivity contribution in [2.45, 2.75) is 129 Å². The second-order valence-electron chi connectivity index (χ2n) is 10.3. The molecular formula is C26H56BN2O4P. The third kappa shape index (κ3) is 12.9. The largest absolute Gasteiger partial charge is 0.379 e. The van der Waals surface area contributed by atoms with Gasteiger partial charge in [-0.3, -0.25) is 4.57 Å². The first-order chi connectivity index (χ1) is 16.4. The Morgan fingerprint density at radius 3 is 2.00 bits per heavy atom. The molecule has 0 aromatic heterocycles. The van der Waals surface area contributed by atoms with Gasteiger partial charge >= 0.3 is 7.67 Å². The van der Waals surface area contributed by atoms with Gasteiger partial charge in [-0.2, -0.15) is 0 Å². The van der Waals surface area contributed by atoms with E-state index in [1.54, 1.807) is 0 Å². The number of ether oxygens (including phenoxy) is 2. The second-order valence-corrected chi connectivity index (χ2v) is 12.9. The number of morpholine rings is 1. The van der Waals surface area contributed by atoms with E-state index in [1.807, 2.05) is 18.8 Å². The first kappa shape index (κ1) is 32.1. The molecular weight excluding hydrogens is 446 g/mol. The zero-order chi connectivity index (χ0) is 25.2. The van der Waals surface area contributed by atoms with Crippen LogP contribution in [0.1, 0.15) is 111 Å². The summed E-state index contributed by atoms with van der Waals surface area (Å²) in [6, 6.07) is 0.00642. The molecule has 1 heterocycles. The van der Waals surface area contributed by atoms with Crippen molar-refractivity contribution >= 4 is 15.5 Å². The van der Waals surface area contributed by atoms with Crippen molar-refractivity contribution in [1.82, 2.24) is 9.34 Å². The van der Waals surface area contributed by atoms with E-state index in [-0.39, 0.29) is 18.2 Å². The van der Waals surface area contributed by atoms with Crippen LogP contribution in [-0.4, -0.2) is 75.8 Å². The molecule has 8 heteroatoms. The summed E-state index contributed by atoms with van der Waals surface area (Å²) in [7, 11) is 2.72. The highest BCUT2D eigenvalue weighted by atomic mass is 31.2. The van der Waals surface area contributed by atoms with Crippen molar-refractivity contribution in [3.63, 3.8) is 0 Å². The van der Waals surface area contributed by atoms with Gasteiger partial charge in [-0.1, -0.05) is 91.4 Å². The highest BCUT2D eigenvalue weighted by Crippen LogP contribution is 2.55. The van der Waals surface area contributed by atoms with Crippen LogP contribution in [0, 0.1) is 0 Å². The fraction of sp³-hybridized carbons (Fsp3) is 1.00. The maximum absolute atomic E-state index is 14.3. The maximum Gasteiger partial charge on any atom is 0.345 e. The quantitative estimate of drug-likeness (QED) is 0.105. The lowest BCUT2D eigenvalue weighted by molar-refractivity contribution is -0.0724. The molecule has 0 amide bonds. The summed E-state index contributed by atoms with van der Waals surface area (Å²) in [5, 5.41) is 0. The highest BCUT2D eigenvalue weighted by molar-refractivity contribution is 7.53. The number of unbranched alkanes of at least 4 members (excludes halogenated alkanes) is 9.